The molecule has 0 saturated carbocycles. The molecule has 3 aliphatic rings. The van der Waals surface area contributed by atoms with Gasteiger partial charge in [-0.05, 0) is 31.8 Å². The number of imidazole rings is 1. The quantitative estimate of drug-likeness (QED) is 0.771. The standard InChI is InChI=1S/C11H19N5O2S/c1-15-7-13-10(12)11(15)19(17,18)14-9-6-16-4-2-8(9)3-5-16/h7-9,14H,2-6,12H2,1H3. The van der Waals surface area contributed by atoms with Crippen molar-refractivity contribution in [1.29, 1.82) is 0 Å². The van der Waals surface area contributed by atoms with Crippen LogP contribution in [0.1, 0.15) is 12.8 Å². The fourth-order valence-electron chi connectivity index (χ4n) is 3.12. The monoisotopic (exact) mass is 285 g/mol. The normalized spacial score (nSPS) is 30.7. The highest BCUT2D eigenvalue weighted by atomic mass is 32.2. The summed E-state index contributed by atoms with van der Waals surface area (Å²) in [4.78, 5) is 6.14. The van der Waals surface area contributed by atoms with Crippen molar-refractivity contribution >= 4 is 15.8 Å². The Morgan fingerprint density at radius 2 is 2.11 bits per heavy atom. The SMILES string of the molecule is Cn1cnc(N)c1S(=O)(=O)NC1CN2CCC1CC2. The van der Waals surface area contributed by atoms with Crippen molar-refractivity contribution in [1.82, 2.24) is 19.2 Å². The van der Waals surface area contributed by atoms with Gasteiger partial charge in [-0.1, -0.05) is 0 Å². The van der Waals surface area contributed by atoms with Gasteiger partial charge in [0.1, 0.15) is 0 Å². The van der Waals surface area contributed by atoms with E-state index in [2.05, 4.69) is 14.6 Å². The number of nitrogens with one attached hydrogen (secondary N) is 1. The molecule has 1 unspecified atom stereocenters. The summed E-state index contributed by atoms with van der Waals surface area (Å²) in [5, 5.41) is 0.0592. The summed E-state index contributed by atoms with van der Waals surface area (Å²) in [5.41, 5.74) is 5.65. The molecule has 4 rings (SSSR count). The van der Waals surface area contributed by atoms with Crippen LogP contribution in [-0.2, 0) is 17.1 Å². The van der Waals surface area contributed by atoms with E-state index in [-0.39, 0.29) is 16.9 Å². The molecule has 3 saturated heterocycles. The highest BCUT2D eigenvalue weighted by Crippen LogP contribution is 2.29. The number of nitrogens with zero attached hydrogens (tertiary/aromatic N) is 3. The van der Waals surface area contributed by atoms with Crippen molar-refractivity contribution in [2.75, 3.05) is 25.4 Å². The van der Waals surface area contributed by atoms with Crippen LogP contribution in [0, 0.1) is 5.92 Å². The topological polar surface area (TPSA) is 93.2 Å². The molecule has 4 heterocycles. The molecule has 0 spiro atoms. The molecule has 1 aromatic rings. The summed E-state index contributed by atoms with van der Waals surface area (Å²) in [6, 6.07) is -0.0122. The molecule has 3 aliphatic heterocycles. The Hall–Kier alpha value is -1.12. The number of nitrogens with two attached hydrogens (primary N) is 1. The number of aromatic nitrogens is 2. The number of hydrogen-bond donors (Lipinski definition) is 2. The van der Waals surface area contributed by atoms with Gasteiger partial charge in [0.25, 0.3) is 10.0 Å². The maximum atomic E-state index is 12.4. The summed E-state index contributed by atoms with van der Waals surface area (Å²) >= 11 is 0. The molecule has 0 aliphatic carbocycles. The Balaban J connectivity index is 1.83. The third kappa shape index (κ3) is 2.24. The maximum absolute atomic E-state index is 12.4. The third-order valence-electron chi connectivity index (χ3n) is 4.13. The second-order valence-electron chi connectivity index (χ2n) is 5.41. The molecule has 3 fully saturated rings. The zero-order valence-corrected chi connectivity index (χ0v) is 11.7. The number of aryl methyl sites for hydroxylation is 1. The van der Waals surface area contributed by atoms with Gasteiger partial charge in [-0.25, -0.2) is 18.1 Å². The Morgan fingerprint density at radius 3 is 2.58 bits per heavy atom. The van der Waals surface area contributed by atoms with Crippen molar-refractivity contribution < 1.29 is 8.42 Å². The first-order valence-corrected chi connectivity index (χ1v) is 7.97. The number of anilines is 1. The molecular weight excluding hydrogens is 266 g/mol. The van der Waals surface area contributed by atoms with Gasteiger partial charge in [0.15, 0.2) is 10.8 Å². The van der Waals surface area contributed by atoms with Crippen LogP contribution in [0.2, 0.25) is 0 Å². The van der Waals surface area contributed by atoms with E-state index in [4.69, 9.17) is 5.73 Å². The fourth-order valence-corrected chi connectivity index (χ4v) is 4.65. The Bertz CT molecular complexity index is 554. The molecule has 8 heteroatoms. The van der Waals surface area contributed by atoms with Crippen molar-refractivity contribution in [3.8, 4) is 0 Å². The Morgan fingerprint density at radius 1 is 1.42 bits per heavy atom. The van der Waals surface area contributed by atoms with E-state index in [0.29, 0.717) is 5.92 Å². The second kappa shape index (κ2) is 4.46. The average molecular weight is 285 g/mol. The number of rotatable bonds is 3. The lowest BCUT2D eigenvalue weighted by molar-refractivity contribution is 0.0826. The van der Waals surface area contributed by atoms with Gasteiger partial charge < -0.3 is 15.2 Å². The minimum Gasteiger partial charge on any atom is -0.381 e. The summed E-state index contributed by atoms with van der Waals surface area (Å²) in [5.74, 6) is 0.491. The van der Waals surface area contributed by atoms with E-state index in [1.807, 2.05) is 0 Å². The number of nitrogen functional groups attached to an aromatic ring is 1. The maximum Gasteiger partial charge on any atom is 0.260 e. The van der Waals surface area contributed by atoms with Gasteiger partial charge in [-0.15, -0.1) is 0 Å². The largest absolute Gasteiger partial charge is 0.381 e. The Kier molecular flexibility index (Phi) is 3.03. The van der Waals surface area contributed by atoms with E-state index < -0.39 is 10.0 Å². The molecule has 7 nitrogen and oxygen atoms in total. The van der Waals surface area contributed by atoms with Crippen molar-refractivity contribution in [2.24, 2.45) is 13.0 Å². The van der Waals surface area contributed by atoms with E-state index in [9.17, 15) is 8.42 Å². The summed E-state index contributed by atoms with van der Waals surface area (Å²) in [6.07, 6.45) is 3.54. The lowest BCUT2D eigenvalue weighted by Crippen LogP contribution is -2.57. The van der Waals surface area contributed by atoms with Crippen molar-refractivity contribution in [2.45, 2.75) is 23.9 Å². The van der Waals surface area contributed by atoms with E-state index in [1.54, 1.807) is 7.05 Å². The number of fused-ring (bicyclic) bond motifs is 3. The predicted octanol–water partition coefficient (Wildman–Crippen LogP) is -0.625. The van der Waals surface area contributed by atoms with Crippen LogP contribution in [-0.4, -0.2) is 48.5 Å². The van der Waals surface area contributed by atoms with Crippen LogP contribution in [0.3, 0.4) is 0 Å². The van der Waals surface area contributed by atoms with Crippen LogP contribution in [0.15, 0.2) is 11.4 Å². The minimum atomic E-state index is -3.60. The third-order valence-corrected chi connectivity index (χ3v) is 5.75. The van der Waals surface area contributed by atoms with Gasteiger partial charge in [0.2, 0.25) is 0 Å². The van der Waals surface area contributed by atoms with Crippen LogP contribution in [0.25, 0.3) is 0 Å². The zero-order valence-electron chi connectivity index (χ0n) is 10.9. The molecule has 0 aromatic carbocycles. The van der Waals surface area contributed by atoms with Gasteiger partial charge in [-0.2, -0.15) is 0 Å². The molecule has 0 radical (unpaired) electrons. The summed E-state index contributed by atoms with van der Waals surface area (Å²) in [6.45, 7) is 2.95. The lowest BCUT2D eigenvalue weighted by Gasteiger charge is -2.44. The molecule has 1 atom stereocenters. The van der Waals surface area contributed by atoms with Gasteiger partial charge in [0, 0.05) is 19.6 Å². The van der Waals surface area contributed by atoms with Gasteiger partial charge >= 0.3 is 0 Å². The lowest BCUT2D eigenvalue weighted by atomic mass is 9.85. The molecular formula is C11H19N5O2S. The van der Waals surface area contributed by atoms with Gasteiger partial charge in [-0.3, -0.25) is 0 Å². The average Bonchev–Trinajstić information content (AvgIpc) is 2.70. The first-order chi connectivity index (χ1) is 8.97. The van der Waals surface area contributed by atoms with E-state index in [1.165, 1.54) is 10.9 Å². The first kappa shape index (κ1) is 12.9. The molecule has 106 valence electrons. The molecule has 2 bridgehead atoms. The van der Waals surface area contributed by atoms with Gasteiger partial charge in [0.05, 0.1) is 6.33 Å². The molecule has 19 heavy (non-hydrogen) atoms. The highest BCUT2D eigenvalue weighted by molar-refractivity contribution is 7.89. The van der Waals surface area contributed by atoms with Crippen molar-refractivity contribution in [3.63, 3.8) is 0 Å². The fraction of sp³-hybridized carbons (Fsp3) is 0.727. The van der Waals surface area contributed by atoms with Crippen LogP contribution in [0.5, 0.6) is 0 Å². The van der Waals surface area contributed by atoms with Crippen molar-refractivity contribution in [3.05, 3.63) is 6.33 Å². The smallest absolute Gasteiger partial charge is 0.260 e. The molecule has 3 N–H and O–H groups in total. The summed E-state index contributed by atoms with van der Waals surface area (Å²) < 4.78 is 29.1. The van der Waals surface area contributed by atoms with E-state index in [0.717, 1.165) is 32.5 Å². The number of hydrogen-bond acceptors (Lipinski definition) is 5. The van der Waals surface area contributed by atoms with E-state index >= 15 is 0 Å². The first-order valence-electron chi connectivity index (χ1n) is 6.49. The number of piperidine rings is 3. The van der Waals surface area contributed by atoms with Crippen LogP contribution in [0.4, 0.5) is 5.82 Å². The second-order valence-corrected chi connectivity index (χ2v) is 7.04. The number of sulfonamides is 1. The Labute approximate surface area is 112 Å². The van der Waals surface area contributed by atoms with Crippen LogP contribution < -0.4 is 10.5 Å². The minimum absolute atomic E-state index is 0.0122. The van der Waals surface area contributed by atoms with Crippen LogP contribution >= 0.6 is 0 Å². The molecule has 1 aromatic heterocycles. The molecule has 0 amide bonds. The summed E-state index contributed by atoms with van der Waals surface area (Å²) in [7, 11) is -1.97. The predicted molar refractivity (Wildman–Crippen MR) is 70.9 cm³/mol. The highest BCUT2D eigenvalue weighted by Gasteiger charge is 2.37. The zero-order chi connectivity index (χ0) is 13.6.